The van der Waals surface area contributed by atoms with Crippen molar-refractivity contribution in [1.29, 1.82) is 0 Å². The number of hydrogen-bond acceptors (Lipinski definition) is 2. The molecule has 13 heavy (non-hydrogen) atoms. The summed E-state index contributed by atoms with van der Waals surface area (Å²) < 4.78 is 5.49. The highest BCUT2D eigenvalue weighted by Gasteiger charge is 2.03. The first-order chi connectivity index (χ1) is 6.18. The normalized spacial score (nSPS) is 13.6. The topological polar surface area (TPSA) is 12.5 Å². The molecule has 1 unspecified atom stereocenters. The van der Waals surface area contributed by atoms with E-state index < -0.39 is 0 Å². The third-order valence-corrected chi connectivity index (χ3v) is 2.22. The van der Waals surface area contributed by atoms with Gasteiger partial charge in [0.1, 0.15) is 0 Å². The van der Waals surface area contributed by atoms with Gasteiger partial charge in [-0.05, 0) is 33.9 Å². The van der Waals surface area contributed by atoms with Crippen LogP contribution in [0, 0.1) is 6.92 Å². The van der Waals surface area contributed by atoms with Crippen molar-refractivity contribution in [3.05, 3.63) is 6.92 Å². The quantitative estimate of drug-likeness (QED) is 0.540. The molecular formula is C11H24NO. The minimum absolute atomic E-state index is 0.381. The number of ether oxygens (including phenoxy) is 1. The van der Waals surface area contributed by atoms with Crippen molar-refractivity contribution in [2.75, 3.05) is 27.3 Å². The second-order valence-electron chi connectivity index (χ2n) is 3.73. The summed E-state index contributed by atoms with van der Waals surface area (Å²) in [6.07, 6.45) is 4.76. The van der Waals surface area contributed by atoms with E-state index in [1.807, 2.05) is 0 Å². The van der Waals surface area contributed by atoms with Gasteiger partial charge in [-0.1, -0.05) is 19.8 Å². The Balaban J connectivity index is 3.07. The van der Waals surface area contributed by atoms with Gasteiger partial charge in [0.2, 0.25) is 0 Å². The summed E-state index contributed by atoms with van der Waals surface area (Å²) in [4.78, 5) is 2.12. The number of unbranched alkanes of at least 4 members (excludes halogenated alkanes) is 2. The van der Waals surface area contributed by atoms with Crippen molar-refractivity contribution < 1.29 is 4.74 Å². The van der Waals surface area contributed by atoms with E-state index in [1.165, 1.54) is 19.3 Å². The molecule has 0 rings (SSSR count). The molecule has 0 spiro atoms. The summed E-state index contributed by atoms with van der Waals surface area (Å²) in [5, 5.41) is 0. The minimum atomic E-state index is 0.381. The largest absolute Gasteiger partial charge is 0.381 e. The van der Waals surface area contributed by atoms with Gasteiger partial charge in [0.25, 0.3) is 0 Å². The first-order valence-electron chi connectivity index (χ1n) is 5.25. The lowest BCUT2D eigenvalue weighted by atomic mass is 10.2. The van der Waals surface area contributed by atoms with Gasteiger partial charge in [-0.3, -0.25) is 0 Å². The van der Waals surface area contributed by atoms with E-state index in [0.29, 0.717) is 6.04 Å². The molecule has 0 saturated heterocycles. The van der Waals surface area contributed by atoms with Crippen molar-refractivity contribution in [1.82, 2.24) is 4.90 Å². The predicted octanol–water partition coefficient (Wildman–Crippen LogP) is 2.35. The van der Waals surface area contributed by atoms with E-state index in [2.05, 4.69) is 32.8 Å². The summed E-state index contributed by atoms with van der Waals surface area (Å²) in [6, 6.07) is 0.381. The summed E-state index contributed by atoms with van der Waals surface area (Å²) in [6.45, 7) is 7.98. The molecule has 0 saturated carbocycles. The molecule has 0 amide bonds. The molecule has 0 aromatic carbocycles. The molecule has 0 aliphatic rings. The van der Waals surface area contributed by atoms with Crippen LogP contribution in [0.15, 0.2) is 0 Å². The molecular weight excluding hydrogens is 162 g/mol. The number of hydrogen-bond donors (Lipinski definition) is 0. The van der Waals surface area contributed by atoms with Gasteiger partial charge in [-0.15, -0.1) is 0 Å². The van der Waals surface area contributed by atoms with Gasteiger partial charge in [0.15, 0.2) is 0 Å². The molecule has 0 bridgehead atoms. The van der Waals surface area contributed by atoms with Crippen molar-refractivity contribution >= 4 is 0 Å². The smallest absolute Gasteiger partial charge is 0.0480 e. The van der Waals surface area contributed by atoms with Crippen LogP contribution in [0.25, 0.3) is 0 Å². The van der Waals surface area contributed by atoms with Crippen LogP contribution < -0.4 is 0 Å². The Hall–Kier alpha value is -0.0800. The van der Waals surface area contributed by atoms with E-state index in [1.54, 1.807) is 0 Å². The van der Waals surface area contributed by atoms with Crippen LogP contribution >= 0.6 is 0 Å². The van der Waals surface area contributed by atoms with Crippen LogP contribution in [0.3, 0.4) is 0 Å². The first kappa shape index (κ1) is 12.9. The Morgan fingerprint density at radius 1 is 1.23 bits per heavy atom. The van der Waals surface area contributed by atoms with Crippen LogP contribution in [0.1, 0.15) is 32.6 Å². The zero-order valence-electron chi connectivity index (χ0n) is 9.38. The van der Waals surface area contributed by atoms with Crippen molar-refractivity contribution in [3.8, 4) is 0 Å². The van der Waals surface area contributed by atoms with Gasteiger partial charge in [0.05, 0.1) is 0 Å². The highest BCUT2D eigenvalue weighted by atomic mass is 16.5. The van der Waals surface area contributed by atoms with E-state index in [0.717, 1.165) is 19.6 Å². The van der Waals surface area contributed by atoms with Gasteiger partial charge in [-0.2, -0.15) is 0 Å². The zero-order valence-corrected chi connectivity index (χ0v) is 9.38. The summed E-state index contributed by atoms with van der Waals surface area (Å²) in [7, 11) is 4.10. The zero-order chi connectivity index (χ0) is 10.1. The fraction of sp³-hybridized carbons (Fsp3) is 0.909. The van der Waals surface area contributed by atoms with E-state index in [-0.39, 0.29) is 0 Å². The Morgan fingerprint density at radius 3 is 2.46 bits per heavy atom. The third kappa shape index (κ3) is 8.26. The Morgan fingerprint density at radius 2 is 1.92 bits per heavy atom. The highest BCUT2D eigenvalue weighted by molar-refractivity contribution is 4.67. The molecule has 0 N–H and O–H groups in total. The van der Waals surface area contributed by atoms with Crippen molar-refractivity contribution in [2.45, 2.75) is 38.6 Å². The van der Waals surface area contributed by atoms with Crippen LogP contribution in [0.4, 0.5) is 0 Å². The van der Waals surface area contributed by atoms with E-state index in [9.17, 15) is 0 Å². The van der Waals surface area contributed by atoms with E-state index in [4.69, 9.17) is 4.74 Å². The molecule has 0 aliphatic carbocycles. The van der Waals surface area contributed by atoms with Gasteiger partial charge in [-0.25, -0.2) is 0 Å². The number of rotatable bonds is 8. The summed E-state index contributed by atoms with van der Waals surface area (Å²) in [5.74, 6) is 0. The minimum Gasteiger partial charge on any atom is -0.381 e. The maximum atomic E-state index is 5.49. The van der Waals surface area contributed by atoms with Gasteiger partial charge in [0, 0.05) is 19.3 Å². The molecule has 0 fully saturated rings. The van der Waals surface area contributed by atoms with Crippen LogP contribution in [-0.2, 0) is 4.74 Å². The lowest BCUT2D eigenvalue weighted by Gasteiger charge is -2.19. The molecule has 2 heteroatoms. The monoisotopic (exact) mass is 186 g/mol. The fourth-order valence-electron chi connectivity index (χ4n) is 1.03. The van der Waals surface area contributed by atoms with Crippen LogP contribution in [0.2, 0.25) is 0 Å². The Labute approximate surface area is 83.3 Å². The average Bonchev–Trinajstić information content (AvgIpc) is 2.10. The van der Waals surface area contributed by atoms with Crippen LogP contribution in [-0.4, -0.2) is 38.3 Å². The molecule has 1 radical (unpaired) electrons. The van der Waals surface area contributed by atoms with Crippen LogP contribution in [0.5, 0.6) is 0 Å². The maximum absolute atomic E-state index is 5.49. The lowest BCUT2D eigenvalue weighted by molar-refractivity contribution is 0.114. The third-order valence-electron chi connectivity index (χ3n) is 2.22. The average molecular weight is 186 g/mol. The summed E-state index contributed by atoms with van der Waals surface area (Å²) in [5.41, 5.74) is 0. The van der Waals surface area contributed by atoms with E-state index >= 15 is 0 Å². The highest BCUT2D eigenvalue weighted by Crippen LogP contribution is 1.99. The second kappa shape index (κ2) is 8.52. The molecule has 1 atom stereocenters. The lowest BCUT2D eigenvalue weighted by Crippen LogP contribution is -2.26. The number of nitrogens with zero attached hydrogens (tertiary/aromatic N) is 1. The SMILES string of the molecule is [CH2]C(CCOCCCCC)N(C)C. The molecule has 0 aromatic heterocycles. The molecule has 2 nitrogen and oxygen atoms in total. The maximum Gasteiger partial charge on any atom is 0.0480 e. The van der Waals surface area contributed by atoms with Crippen molar-refractivity contribution in [2.24, 2.45) is 0 Å². The second-order valence-corrected chi connectivity index (χ2v) is 3.73. The van der Waals surface area contributed by atoms with Gasteiger partial charge >= 0.3 is 0 Å². The van der Waals surface area contributed by atoms with Gasteiger partial charge < -0.3 is 9.64 Å². The predicted molar refractivity (Wildman–Crippen MR) is 57.8 cm³/mol. The summed E-state index contributed by atoms with van der Waals surface area (Å²) >= 11 is 0. The molecule has 79 valence electrons. The first-order valence-corrected chi connectivity index (χ1v) is 5.25. The van der Waals surface area contributed by atoms with Crippen molar-refractivity contribution in [3.63, 3.8) is 0 Å². The Kier molecular flexibility index (Phi) is 8.46. The molecule has 0 aromatic rings. The molecule has 0 heterocycles. The standard InChI is InChI=1S/C11H24NO/c1-5-6-7-9-13-10-8-11(2)12(3)4/h11H,2,5-10H2,1,3-4H3. The molecule has 0 aliphatic heterocycles. The Bertz CT molecular complexity index is 104. The fourth-order valence-corrected chi connectivity index (χ4v) is 1.03.